The molecular weight excluding hydrogens is 408 g/mol. The quantitative estimate of drug-likeness (QED) is 0.472. The molecule has 6 heteroatoms. The van der Waals surface area contributed by atoms with Crippen molar-refractivity contribution < 1.29 is 4.79 Å². The molecule has 0 radical (unpaired) electrons. The van der Waals surface area contributed by atoms with Crippen LogP contribution in [0.4, 0.5) is 0 Å². The van der Waals surface area contributed by atoms with Crippen molar-refractivity contribution in [2.24, 2.45) is 10.4 Å². The Morgan fingerprint density at radius 3 is 2.55 bits per heavy atom. The van der Waals surface area contributed by atoms with Crippen LogP contribution in [-0.4, -0.2) is 36.9 Å². The van der Waals surface area contributed by atoms with Crippen LogP contribution in [0.5, 0.6) is 0 Å². The molecule has 1 heterocycles. The number of halogens is 1. The number of guanidine groups is 1. The van der Waals surface area contributed by atoms with Crippen molar-refractivity contribution in [1.82, 2.24) is 15.5 Å². The van der Waals surface area contributed by atoms with E-state index in [4.69, 9.17) is 11.6 Å². The van der Waals surface area contributed by atoms with Gasteiger partial charge in [0, 0.05) is 44.7 Å². The van der Waals surface area contributed by atoms with Gasteiger partial charge in [-0.2, -0.15) is 0 Å². The van der Waals surface area contributed by atoms with Gasteiger partial charge in [-0.1, -0.05) is 61.8 Å². The molecule has 5 nitrogen and oxygen atoms in total. The van der Waals surface area contributed by atoms with Crippen molar-refractivity contribution in [1.29, 1.82) is 0 Å². The topological polar surface area (TPSA) is 56.7 Å². The second-order valence-electron chi connectivity index (χ2n) is 8.99. The van der Waals surface area contributed by atoms with Crippen LogP contribution in [0.2, 0.25) is 5.02 Å². The molecule has 1 amide bonds. The highest BCUT2D eigenvalue weighted by Gasteiger charge is 2.20. The van der Waals surface area contributed by atoms with Gasteiger partial charge in [-0.25, -0.2) is 0 Å². The zero-order valence-corrected chi connectivity index (χ0v) is 19.5. The molecule has 166 valence electrons. The van der Waals surface area contributed by atoms with E-state index >= 15 is 0 Å². The maximum Gasteiger partial charge on any atom is 0.222 e. The Bertz CT molecular complexity index is 925. The fourth-order valence-corrected chi connectivity index (χ4v) is 4.13. The van der Waals surface area contributed by atoms with Gasteiger partial charge in [0.15, 0.2) is 5.96 Å². The Kier molecular flexibility index (Phi) is 7.97. The van der Waals surface area contributed by atoms with Gasteiger partial charge >= 0.3 is 0 Å². The molecule has 1 fully saturated rings. The van der Waals surface area contributed by atoms with Crippen LogP contribution >= 0.6 is 11.6 Å². The Morgan fingerprint density at radius 1 is 1.10 bits per heavy atom. The normalized spacial score (nSPS) is 14.8. The molecule has 0 saturated carbocycles. The van der Waals surface area contributed by atoms with Crippen LogP contribution in [0.3, 0.4) is 0 Å². The first-order valence-corrected chi connectivity index (χ1v) is 11.3. The number of benzene rings is 2. The Balaban J connectivity index is 1.50. The van der Waals surface area contributed by atoms with Crippen molar-refractivity contribution in [2.75, 3.05) is 20.1 Å². The zero-order valence-electron chi connectivity index (χ0n) is 18.7. The summed E-state index contributed by atoms with van der Waals surface area (Å²) in [6.07, 6.45) is 2.57. The second-order valence-corrected chi connectivity index (χ2v) is 9.43. The van der Waals surface area contributed by atoms with Crippen LogP contribution in [0.25, 0.3) is 0 Å². The van der Waals surface area contributed by atoms with E-state index in [1.165, 1.54) is 16.7 Å². The van der Waals surface area contributed by atoms with Crippen molar-refractivity contribution in [3.8, 4) is 0 Å². The standard InChI is InChI=1S/C25H33ClN4O/c1-25(2,15-19-7-5-10-22(26)14-19)18-29-24(27-3)28-16-20-8-4-9-21(13-20)17-30-12-6-11-23(30)31/h4-5,7-10,13-14H,6,11-12,15-18H2,1-3H3,(H2,27,28,29). The van der Waals surface area contributed by atoms with Crippen LogP contribution in [0.15, 0.2) is 53.5 Å². The molecule has 0 atom stereocenters. The first-order valence-electron chi connectivity index (χ1n) is 10.9. The van der Waals surface area contributed by atoms with Crippen molar-refractivity contribution in [3.63, 3.8) is 0 Å². The maximum atomic E-state index is 11.9. The minimum absolute atomic E-state index is 0.0461. The van der Waals surface area contributed by atoms with Gasteiger partial charge in [-0.3, -0.25) is 9.79 Å². The number of nitrogens with one attached hydrogen (secondary N) is 2. The predicted molar refractivity (Wildman–Crippen MR) is 128 cm³/mol. The first kappa shape index (κ1) is 23.1. The van der Waals surface area contributed by atoms with Crippen LogP contribution in [0, 0.1) is 5.41 Å². The average molecular weight is 441 g/mol. The third-order valence-electron chi connectivity index (χ3n) is 5.53. The van der Waals surface area contributed by atoms with Gasteiger partial charge in [0.1, 0.15) is 0 Å². The summed E-state index contributed by atoms with van der Waals surface area (Å²) in [4.78, 5) is 18.2. The highest BCUT2D eigenvalue weighted by Crippen LogP contribution is 2.23. The van der Waals surface area contributed by atoms with E-state index in [2.05, 4.69) is 59.8 Å². The molecule has 0 spiro atoms. The van der Waals surface area contributed by atoms with Gasteiger partial charge < -0.3 is 15.5 Å². The van der Waals surface area contributed by atoms with Crippen molar-refractivity contribution in [3.05, 3.63) is 70.2 Å². The molecule has 0 aliphatic carbocycles. The molecular formula is C25H33ClN4O. The monoisotopic (exact) mass is 440 g/mol. The summed E-state index contributed by atoms with van der Waals surface area (Å²) < 4.78 is 0. The SMILES string of the molecule is CN=C(NCc1cccc(CN2CCCC2=O)c1)NCC(C)(C)Cc1cccc(Cl)c1. The van der Waals surface area contributed by atoms with Crippen molar-refractivity contribution >= 4 is 23.5 Å². The molecule has 2 N–H and O–H groups in total. The lowest BCUT2D eigenvalue weighted by atomic mass is 9.86. The number of amides is 1. The number of hydrogen-bond donors (Lipinski definition) is 2. The summed E-state index contributed by atoms with van der Waals surface area (Å²) in [5.74, 6) is 1.04. The highest BCUT2D eigenvalue weighted by atomic mass is 35.5. The van der Waals surface area contributed by atoms with Crippen molar-refractivity contribution in [2.45, 2.75) is 46.2 Å². The average Bonchev–Trinajstić information content (AvgIpc) is 3.12. The Hall–Kier alpha value is -2.53. The first-order chi connectivity index (χ1) is 14.8. The molecule has 1 aliphatic heterocycles. The summed E-state index contributed by atoms with van der Waals surface area (Å²) in [6.45, 7) is 7.49. The summed E-state index contributed by atoms with van der Waals surface area (Å²) >= 11 is 6.12. The number of aliphatic imine (C=N–C) groups is 1. The van der Waals surface area contributed by atoms with E-state index in [1.54, 1.807) is 7.05 Å². The number of rotatable bonds is 8. The van der Waals surface area contributed by atoms with E-state index in [1.807, 2.05) is 23.1 Å². The fraction of sp³-hybridized carbons (Fsp3) is 0.440. The summed E-state index contributed by atoms with van der Waals surface area (Å²) in [6, 6.07) is 16.4. The lowest BCUT2D eigenvalue weighted by molar-refractivity contribution is -0.128. The van der Waals surface area contributed by atoms with Crippen LogP contribution < -0.4 is 10.6 Å². The molecule has 3 rings (SSSR count). The second kappa shape index (κ2) is 10.7. The van der Waals surface area contributed by atoms with E-state index in [9.17, 15) is 4.79 Å². The maximum absolute atomic E-state index is 11.9. The third kappa shape index (κ3) is 7.28. The number of hydrogen-bond acceptors (Lipinski definition) is 2. The van der Waals surface area contributed by atoms with Gasteiger partial charge in [-0.15, -0.1) is 0 Å². The minimum Gasteiger partial charge on any atom is -0.356 e. The fourth-order valence-electron chi connectivity index (χ4n) is 3.92. The van der Waals surface area contributed by atoms with Gasteiger partial charge in [0.25, 0.3) is 0 Å². The lowest BCUT2D eigenvalue weighted by Crippen LogP contribution is -2.42. The van der Waals surface area contributed by atoms with Crippen LogP contribution in [-0.2, 0) is 24.3 Å². The number of nitrogens with zero attached hydrogens (tertiary/aromatic N) is 2. The van der Waals surface area contributed by atoms with Gasteiger partial charge in [0.2, 0.25) is 5.91 Å². The van der Waals surface area contributed by atoms with Crippen LogP contribution in [0.1, 0.15) is 43.4 Å². The predicted octanol–water partition coefficient (Wildman–Crippen LogP) is 4.40. The number of carbonyl (C=O) groups excluding carboxylic acids is 1. The molecule has 31 heavy (non-hydrogen) atoms. The van der Waals surface area contributed by atoms with E-state index < -0.39 is 0 Å². The molecule has 1 saturated heterocycles. The zero-order chi connectivity index (χ0) is 22.3. The highest BCUT2D eigenvalue weighted by molar-refractivity contribution is 6.30. The largest absolute Gasteiger partial charge is 0.356 e. The van der Waals surface area contributed by atoms with E-state index in [-0.39, 0.29) is 11.3 Å². The Morgan fingerprint density at radius 2 is 1.84 bits per heavy atom. The van der Waals surface area contributed by atoms with Gasteiger partial charge in [-0.05, 0) is 47.1 Å². The Labute approximate surface area is 190 Å². The molecule has 0 unspecified atom stereocenters. The third-order valence-corrected chi connectivity index (χ3v) is 5.76. The smallest absolute Gasteiger partial charge is 0.222 e. The molecule has 2 aromatic rings. The molecule has 2 aromatic carbocycles. The van der Waals surface area contributed by atoms with Gasteiger partial charge in [0.05, 0.1) is 0 Å². The molecule has 0 aromatic heterocycles. The summed E-state index contributed by atoms with van der Waals surface area (Å²) in [5, 5.41) is 7.62. The van der Waals surface area contributed by atoms with E-state index in [0.29, 0.717) is 19.5 Å². The number of carbonyl (C=O) groups is 1. The summed E-state index contributed by atoms with van der Waals surface area (Å²) in [7, 11) is 1.79. The minimum atomic E-state index is 0.0461. The van der Waals surface area contributed by atoms with E-state index in [0.717, 1.165) is 36.9 Å². The summed E-state index contributed by atoms with van der Waals surface area (Å²) in [5.41, 5.74) is 3.62. The lowest BCUT2D eigenvalue weighted by Gasteiger charge is -2.26. The number of likely N-dealkylation sites (tertiary alicyclic amines) is 1. The molecule has 1 aliphatic rings. The molecule has 0 bridgehead atoms.